The molecule has 5 nitrogen and oxygen atoms in total. The average Bonchev–Trinajstić information content (AvgIpc) is 2.78. The molecule has 0 saturated heterocycles. The molecule has 21 heavy (non-hydrogen) atoms. The number of benzene rings is 2. The Morgan fingerprint density at radius 1 is 1.00 bits per heavy atom. The number of imidazole rings is 1. The van der Waals surface area contributed by atoms with E-state index in [4.69, 9.17) is 12.2 Å². The molecular weight excluding hydrogens is 306 g/mol. The van der Waals surface area contributed by atoms with Crippen LogP contribution in [0.15, 0.2) is 47.4 Å². The van der Waals surface area contributed by atoms with Crippen molar-refractivity contribution < 1.29 is 8.42 Å². The smallest absolute Gasteiger partial charge is 0.261 e. The molecule has 7 heteroatoms. The van der Waals surface area contributed by atoms with Gasteiger partial charge >= 0.3 is 0 Å². The third-order valence-corrected chi connectivity index (χ3v) is 4.70. The Labute approximate surface area is 127 Å². The summed E-state index contributed by atoms with van der Waals surface area (Å²) in [5, 5.41) is 0. The molecule has 0 aliphatic carbocycles. The number of fused-ring (bicyclic) bond motifs is 1. The molecule has 0 amide bonds. The highest BCUT2D eigenvalue weighted by molar-refractivity contribution is 7.92. The normalized spacial score (nSPS) is 11.7. The molecule has 2 aromatic carbocycles. The molecule has 0 saturated carbocycles. The molecule has 0 bridgehead atoms. The lowest BCUT2D eigenvalue weighted by atomic mass is 10.2. The van der Waals surface area contributed by atoms with Gasteiger partial charge in [0.15, 0.2) is 4.77 Å². The van der Waals surface area contributed by atoms with Crippen molar-refractivity contribution in [1.82, 2.24) is 9.97 Å². The van der Waals surface area contributed by atoms with E-state index >= 15 is 0 Å². The van der Waals surface area contributed by atoms with Crippen LogP contribution in [0.3, 0.4) is 0 Å². The van der Waals surface area contributed by atoms with Gasteiger partial charge in [0.1, 0.15) is 0 Å². The molecule has 3 rings (SSSR count). The zero-order valence-corrected chi connectivity index (χ0v) is 12.8. The van der Waals surface area contributed by atoms with Crippen LogP contribution in [0.5, 0.6) is 0 Å². The van der Waals surface area contributed by atoms with E-state index in [0.717, 1.165) is 16.6 Å². The largest absolute Gasteiger partial charge is 0.331 e. The maximum absolute atomic E-state index is 12.3. The molecule has 1 aromatic heterocycles. The van der Waals surface area contributed by atoms with Crippen LogP contribution in [0.4, 0.5) is 5.69 Å². The highest BCUT2D eigenvalue weighted by Crippen LogP contribution is 2.20. The SMILES string of the molecule is Cc1ccc(S(=O)(=O)Nc2ccc3[nH]c(=S)[nH]c3c2)cc1. The Balaban J connectivity index is 1.96. The minimum atomic E-state index is -3.59. The zero-order chi connectivity index (χ0) is 15.0. The van der Waals surface area contributed by atoms with Crippen molar-refractivity contribution in [3.8, 4) is 0 Å². The predicted octanol–water partition coefficient (Wildman–Crippen LogP) is 3.33. The van der Waals surface area contributed by atoms with E-state index in [1.165, 1.54) is 0 Å². The lowest BCUT2D eigenvalue weighted by Gasteiger charge is -2.08. The van der Waals surface area contributed by atoms with Crippen molar-refractivity contribution in [2.24, 2.45) is 0 Å². The number of aromatic amines is 2. The monoisotopic (exact) mass is 319 g/mol. The predicted molar refractivity (Wildman–Crippen MR) is 85.5 cm³/mol. The fourth-order valence-electron chi connectivity index (χ4n) is 2.03. The maximum Gasteiger partial charge on any atom is 0.261 e. The summed E-state index contributed by atoms with van der Waals surface area (Å²) in [6.07, 6.45) is 0. The Bertz CT molecular complexity index is 954. The first-order chi connectivity index (χ1) is 9.94. The Kier molecular flexibility index (Phi) is 3.30. The van der Waals surface area contributed by atoms with Crippen molar-refractivity contribution >= 4 is 39.0 Å². The summed E-state index contributed by atoms with van der Waals surface area (Å²) in [6.45, 7) is 1.91. The Hall–Kier alpha value is -2.12. The molecule has 0 radical (unpaired) electrons. The van der Waals surface area contributed by atoms with Gasteiger partial charge in [0.25, 0.3) is 10.0 Å². The van der Waals surface area contributed by atoms with E-state index in [9.17, 15) is 8.42 Å². The van der Waals surface area contributed by atoms with E-state index in [0.29, 0.717) is 10.5 Å². The summed E-state index contributed by atoms with van der Waals surface area (Å²) in [4.78, 5) is 6.16. The van der Waals surface area contributed by atoms with Crippen LogP contribution in [0.2, 0.25) is 0 Å². The first-order valence-corrected chi connectivity index (χ1v) is 8.15. The lowest BCUT2D eigenvalue weighted by Crippen LogP contribution is -2.12. The average molecular weight is 319 g/mol. The second kappa shape index (κ2) is 5.01. The lowest BCUT2D eigenvalue weighted by molar-refractivity contribution is 0.601. The maximum atomic E-state index is 12.3. The van der Waals surface area contributed by atoms with Crippen molar-refractivity contribution in [2.75, 3.05) is 4.72 Å². The fraction of sp³-hybridized carbons (Fsp3) is 0.0714. The molecule has 1 heterocycles. The first kappa shape index (κ1) is 13.8. The van der Waals surface area contributed by atoms with Crippen LogP contribution in [0.25, 0.3) is 11.0 Å². The van der Waals surface area contributed by atoms with Gasteiger partial charge in [0.05, 0.1) is 21.6 Å². The van der Waals surface area contributed by atoms with Crippen molar-refractivity contribution in [3.05, 3.63) is 52.8 Å². The van der Waals surface area contributed by atoms with Gasteiger partial charge in [0.2, 0.25) is 0 Å². The molecule has 0 atom stereocenters. The number of sulfonamides is 1. The molecular formula is C14H13N3O2S2. The van der Waals surface area contributed by atoms with E-state index in [1.807, 2.05) is 6.92 Å². The topological polar surface area (TPSA) is 77.8 Å². The summed E-state index contributed by atoms with van der Waals surface area (Å²) >= 11 is 5.00. The summed E-state index contributed by atoms with van der Waals surface area (Å²) in [5.41, 5.74) is 3.07. The summed E-state index contributed by atoms with van der Waals surface area (Å²) in [5.74, 6) is 0. The zero-order valence-electron chi connectivity index (χ0n) is 11.2. The third kappa shape index (κ3) is 2.84. The van der Waals surface area contributed by atoms with Crippen LogP contribution >= 0.6 is 12.2 Å². The quantitative estimate of drug-likeness (QED) is 0.648. The Morgan fingerprint density at radius 2 is 1.67 bits per heavy atom. The van der Waals surface area contributed by atoms with Crippen LogP contribution in [-0.4, -0.2) is 18.4 Å². The first-order valence-electron chi connectivity index (χ1n) is 6.26. The van der Waals surface area contributed by atoms with Crippen LogP contribution < -0.4 is 4.72 Å². The third-order valence-electron chi connectivity index (χ3n) is 3.10. The molecule has 0 spiro atoms. The van der Waals surface area contributed by atoms with Gasteiger partial charge < -0.3 is 9.97 Å². The summed E-state index contributed by atoms with van der Waals surface area (Å²) in [6, 6.07) is 11.9. The minimum Gasteiger partial charge on any atom is -0.331 e. The summed E-state index contributed by atoms with van der Waals surface area (Å²) in [7, 11) is -3.59. The molecule has 3 N–H and O–H groups in total. The number of H-pyrrole nitrogens is 2. The second-order valence-electron chi connectivity index (χ2n) is 4.76. The van der Waals surface area contributed by atoms with E-state index in [2.05, 4.69) is 14.7 Å². The van der Waals surface area contributed by atoms with Gasteiger partial charge in [-0.2, -0.15) is 0 Å². The van der Waals surface area contributed by atoms with E-state index in [1.54, 1.807) is 42.5 Å². The van der Waals surface area contributed by atoms with Crippen molar-refractivity contribution in [1.29, 1.82) is 0 Å². The number of aromatic nitrogens is 2. The highest BCUT2D eigenvalue weighted by Gasteiger charge is 2.14. The fourth-order valence-corrected chi connectivity index (χ4v) is 3.30. The van der Waals surface area contributed by atoms with Crippen LogP contribution in [-0.2, 0) is 10.0 Å². The van der Waals surface area contributed by atoms with E-state index < -0.39 is 10.0 Å². The van der Waals surface area contributed by atoms with E-state index in [-0.39, 0.29) is 4.90 Å². The molecule has 3 aromatic rings. The minimum absolute atomic E-state index is 0.232. The number of anilines is 1. The molecule has 0 aliphatic rings. The van der Waals surface area contributed by atoms with Gasteiger partial charge in [-0.1, -0.05) is 17.7 Å². The van der Waals surface area contributed by atoms with Gasteiger partial charge in [-0.3, -0.25) is 4.72 Å². The second-order valence-corrected chi connectivity index (χ2v) is 6.85. The standard InChI is InChI=1S/C14H13N3O2S2/c1-9-2-5-11(6-3-9)21(18,19)17-10-4-7-12-13(8-10)16-14(20)15-12/h2-8,17H,1H3,(H2,15,16,20). The van der Waals surface area contributed by atoms with Gasteiger partial charge in [-0.25, -0.2) is 8.42 Å². The van der Waals surface area contributed by atoms with Crippen LogP contribution in [0, 0.1) is 11.7 Å². The summed E-state index contributed by atoms with van der Waals surface area (Å²) < 4.78 is 27.7. The van der Waals surface area contributed by atoms with Crippen LogP contribution in [0.1, 0.15) is 5.56 Å². The number of rotatable bonds is 3. The number of nitrogens with one attached hydrogen (secondary N) is 3. The number of hydrogen-bond donors (Lipinski definition) is 3. The Morgan fingerprint density at radius 3 is 2.38 bits per heavy atom. The molecule has 108 valence electrons. The highest BCUT2D eigenvalue weighted by atomic mass is 32.2. The van der Waals surface area contributed by atoms with Crippen molar-refractivity contribution in [2.45, 2.75) is 11.8 Å². The van der Waals surface area contributed by atoms with Gasteiger partial charge in [-0.15, -0.1) is 0 Å². The molecule has 0 aliphatic heterocycles. The number of aryl methyl sites for hydroxylation is 1. The van der Waals surface area contributed by atoms with Gasteiger partial charge in [0, 0.05) is 0 Å². The van der Waals surface area contributed by atoms with Gasteiger partial charge in [-0.05, 0) is 49.5 Å². The number of hydrogen-bond acceptors (Lipinski definition) is 3. The molecule has 0 fully saturated rings. The van der Waals surface area contributed by atoms with Crippen molar-refractivity contribution in [3.63, 3.8) is 0 Å². The molecule has 0 unspecified atom stereocenters.